The zero-order valence-electron chi connectivity index (χ0n) is 13.0. The number of fused-ring (bicyclic) bond motifs is 1. The van der Waals surface area contributed by atoms with Gasteiger partial charge in [0.1, 0.15) is 23.6 Å². The van der Waals surface area contributed by atoms with Gasteiger partial charge in [-0.05, 0) is 31.7 Å². The van der Waals surface area contributed by atoms with Crippen molar-refractivity contribution in [2.75, 3.05) is 5.33 Å². The lowest BCUT2D eigenvalue weighted by Gasteiger charge is -2.21. The van der Waals surface area contributed by atoms with Crippen LogP contribution in [0.15, 0.2) is 28.7 Å². The van der Waals surface area contributed by atoms with Crippen LogP contribution in [-0.2, 0) is 16.0 Å². The first-order valence-corrected chi connectivity index (χ1v) is 9.24. The van der Waals surface area contributed by atoms with E-state index in [1.807, 2.05) is 24.3 Å². The molecule has 1 aromatic heterocycles. The van der Waals surface area contributed by atoms with Gasteiger partial charge in [-0.15, -0.1) is 0 Å². The maximum Gasteiger partial charge on any atom is 0.310 e. The van der Waals surface area contributed by atoms with Gasteiger partial charge in [0.05, 0.1) is 6.42 Å². The highest BCUT2D eigenvalue weighted by Crippen LogP contribution is 2.28. The third kappa shape index (κ3) is 3.96. The monoisotopic (exact) mass is 380 g/mol. The molecule has 124 valence electrons. The van der Waals surface area contributed by atoms with E-state index < -0.39 is 6.10 Å². The zero-order valence-corrected chi connectivity index (χ0v) is 14.5. The van der Waals surface area contributed by atoms with Crippen LogP contribution in [0, 0.1) is 0 Å². The fraction of sp³-hybridized carbons (Fsp3) is 0.500. The molecule has 0 amide bonds. The molecule has 1 aliphatic rings. The Bertz CT molecular complexity index is 673. The summed E-state index contributed by atoms with van der Waals surface area (Å²) in [4.78, 5) is 12.2. The van der Waals surface area contributed by atoms with Gasteiger partial charge in [0.25, 0.3) is 0 Å². The number of ether oxygens (including phenoxy) is 1. The molecule has 1 N–H and O–H groups in total. The molecule has 1 atom stereocenters. The lowest BCUT2D eigenvalue weighted by atomic mass is 9.98. The number of furan rings is 1. The van der Waals surface area contributed by atoms with Gasteiger partial charge in [0, 0.05) is 16.3 Å². The summed E-state index contributed by atoms with van der Waals surface area (Å²) in [6.07, 6.45) is 5.03. The van der Waals surface area contributed by atoms with Crippen LogP contribution < -0.4 is 0 Å². The summed E-state index contributed by atoms with van der Waals surface area (Å²) in [6, 6.07) is 7.50. The van der Waals surface area contributed by atoms with Crippen LogP contribution in [0.25, 0.3) is 11.0 Å². The minimum Gasteiger partial charge on any atom is -0.462 e. The van der Waals surface area contributed by atoms with E-state index in [4.69, 9.17) is 9.15 Å². The van der Waals surface area contributed by atoms with Crippen molar-refractivity contribution in [1.82, 2.24) is 0 Å². The number of para-hydroxylation sites is 1. The van der Waals surface area contributed by atoms with Crippen molar-refractivity contribution >= 4 is 32.9 Å². The number of aliphatic hydroxyl groups is 1. The van der Waals surface area contributed by atoms with Gasteiger partial charge in [-0.3, -0.25) is 4.79 Å². The topological polar surface area (TPSA) is 59.7 Å². The highest BCUT2D eigenvalue weighted by atomic mass is 79.9. The average Bonchev–Trinajstić information content (AvgIpc) is 3.00. The number of halogens is 1. The molecule has 2 aromatic rings. The Morgan fingerprint density at radius 1 is 1.35 bits per heavy atom. The number of rotatable bonds is 5. The number of hydrogen-bond donors (Lipinski definition) is 1. The SMILES string of the molecule is O=C(Cc1cccc2cc(C(O)CBr)oc12)OC1CCCCC1. The number of hydrogen-bond acceptors (Lipinski definition) is 4. The first-order valence-electron chi connectivity index (χ1n) is 8.12. The maximum absolute atomic E-state index is 12.2. The molecule has 0 radical (unpaired) electrons. The van der Waals surface area contributed by atoms with Crippen LogP contribution >= 0.6 is 15.9 Å². The molecule has 1 heterocycles. The van der Waals surface area contributed by atoms with E-state index >= 15 is 0 Å². The lowest BCUT2D eigenvalue weighted by Crippen LogP contribution is -2.21. The number of alkyl halides is 1. The van der Waals surface area contributed by atoms with E-state index in [1.54, 1.807) is 0 Å². The van der Waals surface area contributed by atoms with Gasteiger partial charge in [0.15, 0.2) is 0 Å². The van der Waals surface area contributed by atoms with Gasteiger partial charge in [0.2, 0.25) is 0 Å². The molecular formula is C18H21BrO4. The van der Waals surface area contributed by atoms with Crippen molar-refractivity contribution in [1.29, 1.82) is 0 Å². The van der Waals surface area contributed by atoms with Crippen LogP contribution in [0.2, 0.25) is 0 Å². The summed E-state index contributed by atoms with van der Waals surface area (Å²) in [6.45, 7) is 0. The second kappa shape index (κ2) is 7.49. The predicted octanol–water partition coefficient (Wildman–Crippen LogP) is 4.28. The van der Waals surface area contributed by atoms with E-state index in [2.05, 4.69) is 15.9 Å². The molecule has 0 aliphatic heterocycles. The van der Waals surface area contributed by atoms with Crippen LogP contribution in [-0.4, -0.2) is 22.5 Å². The number of esters is 1. The van der Waals surface area contributed by atoms with Crippen molar-refractivity contribution in [2.45, 2.75) is 50.7 Å². The number of aliphatic hydroxyl groups excluding tert-OH is 1. The molecule has 4 nitrogen and oxygen atoms in total. The molecule has 0 saturated heterocycles. The van der Waals surface area contributed by atoms with Gasteiger partial charge in [-0.1, -0.05) is 40.5 Å². The van der Waals surface area contributed by atoms with E-state index in [-0.39, 0.29) is 18.5 Å². The quantitative estimate of drug-likeness (QED) is 0.621. The third-order valence-electron chi connectivity index (χ3n) is 4.30. The molecule has 0 bridgehead atoms. The third-order valence-corrected chi connectivity index (χ3v) is 4.92. The minimum atomic E-state index is -0.690. The summed E-state index contributed by atoms with van der Waals surface area (Å²) in [7, 11) is 0. The van der Waals surface area contributed by atoms with E-state index in [9.17, 15) is 9.90 Å². The molecule has 1 saturated carbocycles. The maximum atomic E-state index is 12.2. The van der Waals surface area contributed by atoms with Gasteiger partial charge in [-0.2, -0.15) is 0 Å². The Hall–Kier alpha value is -1.33. The van der Waals surface area contributed by atoms with Crippen molar-refractivity contribution in [2.24, 2.45) is 0 Å². The fourth-order valence-corrected chi connectivity index (χ4v) is 3.41. The highest BCUT2D eigenvalue weighted by Gasteiger charge is 2.20. The molecule has 1 fully saturated rings. The smallest absolute Gasteiger partial charge is 0.310 e. The van der Waals surface area contributed by atoms with Gasteiger partial charge < -0.3 is 14.3 Å². The van der Waals surface area contributed by atoms with Crippen molar-refractivity contribution in [3.05, 3.63) is 35.6 Å². The first-order chi connectivity index (χ1) is 11.2. The van der Waals surface area contributed by atoms with E-state index in [0.29, 0.717) is 16.7 Å². The van der Waals surface area contributed by atoms with E-state index in [0.717, 1.165) is 36.6 Å². The van der Waals surface area contributed by atoms with Crippen molar-refractivity contribution in [3.8, 4) is 0 Å². The van der Waals surface area contributed by atoms with Gasteiger partial charge >= 0.3 is 5.97 Å². The molecule has 23 heavy (non-hydrogen) atoms. The second-order valence-electron chi connectivity index (χ2n) is 6.08. The molecular weight excluding hydrogens is 360 g/mol. The van der Waals surface area contributed by atoms with Crippen molar-refractivity contribution in [3.63, 3.8) is 0 Å². The molecule has 1 unspecified atom stereocenters. The van der Waals surface area contributed by atoms with Crippen LogP contribution in [0.3, 0.4) is 0 Å². The number of carbonyl (C=O) groups is 1. The standard InChI is InChI=1S/C18H21BrO4/c19-11-15(20)16-9-12-5-4-6-13(18(12)23-16)10-17(21)22-14-7-2-1-3-8-14/h4-6,9,14-15,20H,1-3,7-8,10-11H2. The molecule has 1 aromatic carbocycles. The minimum absolute atomic E-state index is 0.0674. The fourth-order valence-electron chi connectivity index (χ4n) is 3.09. The van der Waals surface area contributed by atoms with Crippen LogP contribution in [0.5, 0.6) is 0 Å². The highest BCUT2D eigenvalue weighted by molar-refractivity contribution is 9.09. The molecule has 5 heteroatoms. The molecule has 3 rings (SSSR count). The summed E-state index contributed by atoms with van der Waals surface area (Å²) in [5.41, 5.74) is 1.46. The lowest BCUT2D eigenvalue weighted by molar-refractivity contribution is -0.149. The summed E-state index contributed by atoms with van der Waals surface area (Å²) < 4.78 is 11.3. The van der Waals surface area contributed by atoms with E-state index in [1.165, 1.54) is 6.42 Å². The summed E-state index contributed by atoms with van der Waals surface area (Å²) in [5, 5.41) is 11.2. The predicted molar refractivity (Wildman–Crippen MR) is 91.6 cm³/mol. The van der Waals surface area contributed by atoms with Crippen molar-refractivity contribution < 1.29 is 19.1 Å². The number of carbonyl (C=O) groups excluding carboxylic acids is 1. The molecule has 0 spiro atoms. The Kier molecular flexibility index (Phi) is 5.38. The van der Waals surface area contributed by atoms with Crippen LogP contribution in [0.1, 0.15) is 49.5 Å². The Morgan fingerprint density at radius 2 is 2.13 bits per heavy atom. The molecule has 1 aliphatic carbocycles. The second-order valence-corrected chi connectivity index (χ2v) is 6.73. The number of benzene rings is 1. The first kappa shape index (κ1) is 16.5. The zero-order chi connectivity index (χ0) is 16.2. The largest absolute Gasteiger partial charge is 0.462 e. The normalized spacial score (nSPS) is 17.3. The Morgan fingerprint density at radius 3 is 2.87 bits per heavy atom. The summed E-state index contributed by atoms with van der Waals surface area (Å²) >= 11 is 3.24. The average molecular weight is 381 g/mol. The summed E-state index contributed by atoms with van der Waals surface area (Å²) in [5.74, 6) is 0.299. The Labute approximate surface area is 143 Å². The van der Waals surface area contributed by atoms with Gasteiger partial charge in [-0.25, -0.2) is 0 Å². The Balaban J connectivity index is 1.74. The van der Waals surface area contributed by atoms with Crippen LogP contribution in [0.4, 0.5) is 0 Å².